The Morgan fingerprint density at radius 2 is 2.28 bits per heavy atom. The van der Waals surface area contributed by atoms with Gasteiger partial charge in [0.1, 0.15) is 5.75 Å². The highest BCUT2D eigenvalue weighted by Crippen LogP contribution is 2.29. The quantitative estimate of drug-likeness (QED) is 0.629. The molecule has 4 heteroatoms. The van der Waals surface area contributed by atoms with Crippen LogP contribution >= 0.6 is 11.6 Å². The number of aliphatic carboxylic acids is 1. The first-order valence-corrected chi connectivity index (χ1v) is 5.85. The van der Waals surface area contributed by atoms with E-state index in [9.17, 15) is 4.79 Å². The van der Waals surface area contributed by atoms with Crippen LogP contribution in [0.2, 0.25) is 5.02 Å². The minimum Gasteiger partial charge on any atom is -0.491 e. The summed E-state index contributed by atoms with van der Waals surface area (Å²) in [6.07, 6.45) is 3.24. The van der Waals surface area contributed by atoms with E-state index in [1.165, 1.54) is 6.08 Å². The van der Waals surface area contributed by atoms with Gasteiger partial charge in [-0.25, -0.2) is 4.79 Å². The van der Waals surface area contributed by atoms with Crippen LogP contribution in [0, 0.1) is 0 Å². The Morgan fingerprint density at radius 3 is 2.89 bits per heavy atom. The number of para-hydroxylation sites is 1. The third-order valence-electron chi connectivity index (χ3n) is 2.18. The van der Waals surface area contributed by atoms with E-state index in [-0.39, 0.29) is 0 Å². The van der Waals surface area contributed by atoms with Gasteiger partial charge in [-0.1, -0.05) is 29.3 Å². The maximum atomic E-state index is 10.5. The molecule has 1 N–H and O–H groups in total. The molecular weight excluding hydrogens is 252 g/mol. The van der Waals surface area contributed by atoms with Gasteiger partial charge in [0.15, 0.2) is 0 Å². The van der Waals surface area contributed by atoms with Crippen molar-refractivity contribution in [3.63, 3.8) is 0 Å². The van der Waals surface area contributed by atoms with Crippen LogP contribution in [-0.4, -0.2) is 17.7 Å². The maximum absolute atomic E-state index is 10.5. The summed E-state index contributed by atoms with van der Waals surface area (Å²) in [4.78, 5) is 10.5. The lowest BCUT2D eigenvalue weighted by Gasteiger charge is -2.10. The molecule has 0 heterocycles. The van der Waals surface area contributed by atoms with Crippen LogP contribution in [-0.2, 0) is 4.79 Å². The third kappa shape index (κ3) is 4.63. The summed E-state index contributed by atoms with van der Waals surface area (Å²) >= 11 is 6.03. The van der Waals surface area contributed by atoms with Crippen LogP contribution in [0.3, 0.4) is 0 Å². The molecule has 96 valence electrons. The zero-order valence-electron chi connectivity index (χ0n) is 10.1. The lowest BCUT2D eigenvalue weighted by molar-refractivity contribution is -0.131. The van der Waals surface area contributed by atoms with Crippen molar-refractivity contribution in [3.8, 4) is 5.75 Å². The van der Waals surface area contributed by atoms with Gasteiger partial charge in [0, 0.05) is 18.1 Å². The van der Waals surface area contributed by atoms with E-state index in [1.807, 2.05) is 6.92 Å². The Balaban J connectivity index is 2.86. The predicted octanol–water partition coefficient (Wildman–Crippen LogP) is 3.78. The molecule has 3 nitrogen and oxygen atoms in total. The third-order valence-corrected chi connectivity index (χ3v) is 2.48. The van der Waals surface area contributed by atoms with E-state index in [0.29, 0.717) is 22.9 Å². The number of ether oxygens (including phenoxy) is 1. The molecule has 1 rings (SSSR count). The van der Waals surface area contributed by atoms with Gasteiger partial charge in [-0.15, -0.1) is 6.58 Å². The van der Waals surface area contributed by atoms with Crippen molar-refractivity contribution in [1.82, 2.24) is 0 Å². The fraction of sp³-hybridized carbons (Fsp3) is 0.214. The zero-order valence-corrected chi connectivity index (χ0v) is 10.9. The van der Waals surface area contributed by atoms with Crippen molar-refractivity contribution in [3.05, 3.63) is 47.0 Å². The number of rotatable bonds is 6. The highest BCUT2D eigenvalue weighted by atomic mass is 35.5. The maximum Gasteiger partial charge on any atom is 0.328 e. The average Bonchev–Trinajstić information content (AvgIpc) is 2.28. The van der Waals surface area contributed by atoms with Crippen molar-refractivity contribution < 1.29 is 14.6 Å². The molecule has 0 aliphatic rings. The van der Waals surface area contributed by atoms with E-state index >= 15 is 0 Å². The smallest absolute Gasteiger partial charge is 0.328 e. The summed E-state index contributed by atoms with van der Waals surface area (Å²) < 4.78 is 5.57. The first-order chi connectivity index (χ1) is 8.50. The largest absolute Gasteiger partial charge is 0.491 e. The van der Waals surface area contributed by atoms with Crippen molar-refractivity contribution in [2.24, 2.45) is 0 Å². The van der Waals surface area contributed by atoms with Gasteiger partial charge in [-0.3, -0.25) is 0 Å². The summed E-state index contributed by atoms with van der Waals surface area (Å²) in [6.45, 7) is 6.17. The minimum atomic E-state index is -1.01. The van der Waals surface area contributed by atoms with E-state index in [2.05, 4.69) is 6.58 Å². The average molecular weight is 267 g/mol. The molecule has 18 heavy (non-hydrogen) atoms. The van der Waals surface area contributed by atoms with Gasteiger partial charge in [0.05, 0.1) is 11.6 Å². The number of halogens is 1. The molecule has 0 unspecified atom stereocenters. The fourth-order valence-corrected chi connectivity index (χ4v) is 1.53. The van der Waals surface area contributed by atoms with Crippen LogP contribution in [0.5, 0.6) is 5.75 Å². The first kappa shape index (κ1) is 14.3. The number of carboxylic acids is 1. The molecule has 1 aromatic rings. The van der Waals surface area contributed by atoms with E-state index in [0.717, 1.165) is 18.1 Å². The highest BCUT2D eigenvalue weighted by Gasteiger charge is 2.06. The van der Waals surface area contributed by atoms with Gasteiger partial charge < -0.3 is 9.84 Å². The minimum absolute atomic E-state index is 0.462. The summed E-state index contributed by atoms with van der Waals surface area (Å²) in [5, 5.41) is 9.07. The molecule has 0 fully saturated rings. The van der Waals surface area contributed by atoms with Gasteiger partial charge in [0.25, 0.3) is 0 Å². The van der Waals surface area contributed by atoms with Crippen molar-refractivity contribution in [2.75, 3.05) is 6.61 Å². The standard InChI is InChI=1S/C14H15ClO3/c1-10(2)8-9-18-14-11(6-7-13(16)17)4-3-5-12(14)15/h3-7H,1,8-9H2,2H3,(H,16,17)/b7-6+. The predicted molar refractivity (Wildman–Crippen MR) is 73.0 cm³/mol. The molecule has 0 radical (unpaired) electrons. The normalized spacial score (nSPS) is 10.6. The van der Waals surface area contributed by atoms with Crippen LogP contribution in [0.4, 0.5) is 0 Å². The second-order valence-electron chi connectivity index (χ2n) is 3.89. The molecule has 0 aliphatic heterocycles. The fourth-order valence-electron chi connectivity index (χ4n) is 1.30. The summed E-state index contributed by atoms with van der Waals surface area (Å²) in [5.74, 6) is -0.513. The second-order valence-corrected chi connectivity index (χ2v) is 4.29. The molecule has 0 spiro atoms. The molecular formula is C14H15ClO3. The molecule has 0 amide bonds. The number of carboxylic acid groups (broad SMARTS) is 1. The van der Waals surface area contributed by atoms with E-state index in [1.54, 1.807) is 18.2 Å². The monoisotopic (exact) mass is 266 g/mol. The molecule has 0 aromatic heterocycles. The lowest BCUT2D eigenvalue weighted by Crippen LogP contribution is -2.00. The topological polar surface area (TPSA) is 46.5 Å². The van der Waals surface area contributed by atoms with Crippen molar-refractivity contribution >= 4 is 23.6 Å². The molecule has 0 atom stereocenters. The van der Waals surface area contributed by atoms with Crippen LogP contribution in [0.1, 0.15) is 18.9 Å². The molecule has 0 bridgehead atoms. The SMILES string of the molecule is C=C(C)CCOc1c(Cl)cccc1/C=C/C(=O)O. The zero-order chi connectivity index (χ0) is 13.5. The van der Waals surface area contributed by atoms with Gasteiger partial charge in [-0.2, -0.15) is 0 Å². The van der Waals surface area contributed by atoms with Crippen LogP contribution in [0.25, 0.3) is 6.08 Å². The Bertz CT molecular complexity index is 478. The molecule has 0 saturated heterocycles. The van der Waals surface area contributed by atoms with Gasteiger partial charge >= 0.3 is 5.97 Å². The number of benzene rings is 1. The van der Waals surface area contributed by atoms with Gasteiger partial charge in [0.2, 0.25) is 0 Å². The second kappa shape index (κ2) is 6.87. The Labute approximate surface area is 111 Å². The van der Waals surface area contributed by atoms with E-state index < -0.39 is 5.97 Å². The summed E-state index contributed by atoms with van der Waals surface area (Å²) in [6, 6.07) is 5.20. The Hall–Kier alpha value is -1.74. The Morgan fingerprint density at radius 1 is 1.56 bits per heavy atom. The first-order valence-electron chi connectivity index (χ1n) is 5.47. The van der Waals surface area contributed by atoms with Crippen molar-refractivity contribution in [2.45, 2.75) is 13.3 Å². The number of carbonyl (C=O) groups is 1. The molecule has 0 aliphatic carbocycles. The lowest BCUT2D eigenvalue weighted by atomic mass is 10.2. The van der Waals surface area contributed by atoms with Crippen molar-refractivity contribution in [1.29, 1.82) is 0 Å². The summed E-state index contributed by atoms with van der Waals surface area (Å²) in [5.41, 5.74) is 1.66. The molecule has 0 saturated carbocycles. The number of hydrogen-bond acceptors (Lipinski definition) is 2. The summed E-state index contributed by atoms with van der Waals surface area (Å²) in [7, 11) is 0. The van der Waals surface area contributed by atoms with Crippen LogP contribution in [0.15, 0.2) is 36.4 Å². The van der Waals surface area contributed by atoms with Crippen LogP contribution < -0.4 is 4.74 Å². The van der Waals surface area contributed by atoms with Gasteiger partial charge in [-0.05, 0) is 19.1 Å². The Kier molecular flexibility index (Phi) is 5.46. The highest BCUT2D eigenvalue weighted by molar-refractivity contribution is 6.32. The van der Waals surface area contributed by atoms with E-state index in [4.69, 9.17) is 21.4 Å². The molecule has 1 aromatic carbocycles. The number of hydrogen-bond donors (Lipinski definition) is 1.